The molecular formula is C16H40O43P10. The second-order valence-electron chi connectivity index (χ2n) is 12.9. The van der Waals surface area contributed by atoms with Crippen molar-refractivity contribution >= 4 is 78.2 Å². The standard InChI is InChI=1S/C16H40O43P10/c17-60(18,19)50-7-5(8(51-61(20,21)22)12(55-65(32,33)34)15(58-68(41,42)43)11(7)54-64(29,30)31)48-3-1-47-2-4-49-6-9(52-62(23,24)25)13(56-66(35,36)37)16(59-69(44,45)46)14(57-67(38,39)40)10(6)53-63(26,27)28/h5-16H,1-4H2,(H2,17,18,19)(H2,20,21,22)(H2,23,24,25)(H2,26,27,28)(H2,29,30,31)(H2,32,33,34)(H2,35,36,37)(H2,38,39,40)(H2,41,42,43)(H2,44,45,46)/t5?,6?,7-,8+,9-,10+,11+,12-,13+,14?,15?,16?/m0/s1. The third-order valence-corrected chi connectivity index (χ3v) is 12.7. The van der Waals surface area contributed by atoms with Crippen LogP contribution in [0.2, 0.25) is 0 Å². The normalized spacial score (nSPS) is 29.9. The highest BCUT2D eigenvalue weighted by atomic mass is 31.2. The van der Waals surface area contributed by atoms with Crippen molar-refractivity contribution in [2.75, 3.05) is 26.4 Å². The molecule has 0 aromatic carbocycles. The predicted octanol–water partition coefficient (Wildman–Crippen LogP) is -5.42. The quantitative estimate of drug-likeness (QED) is 0.0257. The van der Waals surface area contributed by atoms with E-state index < -0.39 is 178 Å². The molecule has 0 bridgehead atoms. The zero-order valence-electron chi connectivity index (χ0n) is 32.6. The molecule has 53 heteroatoms. The first-order valence-corrected chi connectivity index (χ1v) is 31.9. The van der Waals surface area contributed by atoms with Crippen molar-refractivity contribution in [3.8, 4) is 0 Å². The van der Waals surface area contributed by atoms with Crippen LogP contribution in [0.3, 0.4) is 0 Å². The molecule has 0 aliphatic heterocycles. The Morgan fingerprint density at radius 1 is 0.203 bits per heavy atom. The van der Waals surface area contributed by atoms with Gasteiger partial charge in [-0.05, 0) is 0 Å². The first-order valence-electron chi connectivity index (χ1n) is 16.6. The third-order valence-electron chi connectivity index (χ3n) is 7.55. The first-order chi connectivity index (χ1) is 30.4. The number of ether oxygens (including phenoxy) is 3. The van der Waals surface area contributed by atoms with E-state index in [2.05, 4.69) is 45.2 Å². The molecule has 43 nitrogen and oxygen atoms in total. The Balaban J connectivity index is 2.65. The summed E-state index contributed by atoms with van der Waals surface area (Å²) >= 11 is 0. The number of phosphoric ester groups is 10. The van der Waals surface area contributed by atoms with Gasteiger partial charge in [0.1, 0.15) is 73.2 Å². The molecule has 2 saturated carbocycles. The molecule has 0 radical (unpaired) electrons. The smallest absolute Gasteiger partial charge is 0.377 e. The van der Waals surface area contributed by atoms with Crippen molar-refractivity contribution in [2.24, 2.45) is 0 Å². The van der Waals surface area contributed by atoms with E-state index in [0.29, 0.717) is 0 Å². The van der Waals surface area contributed by atoms with Crippen LogP contribution in [0.5, 0.6) is 0 Å². The molecule has 412 valence electrons. The van der Waals surface area contributed by atoms with Gasteiger partial charge in [-0.3, -0.25) is 45.2 Å². The molecule has 0 spiro atoms. The summed E-state index contributed by atoms with van der Waals surface area (Å²) in [5, 5.41) is 0. The largest absolute Gasteiger partial charge is 0.470 e. The lowest BCUT2D eigenvalue weighted by atomic mass is 9.85. The minimum Gasteiger partial charge on any atom is -0.377 e. The summed E-state index contributed by atoms with van der Waals surface area (Å²) in [5.41, 5.74) is 0. The highest BCUT2D eigenvalue weighted by Crippen LogP contribution is 2.58. The Morgan fingerprint density at radius 3 is 0.435 bits per heavy atom. The lowest BCUT2D eigenvalue weighted by molar-refractivity contribution is -0.224. The monoisotopic (exact) mass is 1230 g/mol. The second kappa shape index (κ2) is 24.5. The molecule has 69 heavy (non-hydrogen) atoms. The number of phosphoric acid groups is 10. The van der Waals surface area contributed by atoms with Gasteiger partial charge in [-0.1, -0.05) is 0 Å². The minimum atomic E-state index is -6.18. The summed E-state index contributed by atoms with van der Waals surface area (Å²) in [6, 6.07) is 0. The molecule has 2 aliphatic carbocycles. The summed E-state index contributed by atoms with van der Waals surface area (Å²) in [4.78, 5) is 191. The van der Waals surface area contributed by atoms with Crippen molar-refractivity contribution < 1.29 is 203 Å². The fraction of sp³-hybridized carbons (Fsp3) is 1.00. The number of hydrogen-bond acceptors (Lipinski definition) is 23. The molecule has 2 fully saturated rings. The second-order valence-corrected chi connectivity index (χ2v) is 24.8. The average Bonchev–Trinajstić information content (AvgIpc) is 3.03. The minimum absolute atomic E-state index is 1.09. The highest BCUT2D eigenvalue weighted by Gasteiger charge is 2.63. The van der Waals surface area contributed by atoms with Crippen molar-refractivity contribution in [3.05, 3.63) is 0 Å². The van der Waals surface area contributed by atoms with E-state index in [1.807, 2.05) is 0 Å². The maximum absolute atomic E-state index is 12.0. The molecule has 2 aliphatic rings. The summed E-state index contributed by atoms with van der Waals surface area (Å²) in [7, 11) is -61.7. The van der Waals surface area contributed by atoms with Gasteiger partial charge in [0.15, 0.2) is 0 Å². The molecule has 5 unspecified atom stereocenters. The van der Waals surface area contributed by atoms with E-state index in [0.717, 1.165) is 0 Å². The lowest BCUT2D eigenvalue weighted by Gasteiger charge is -2.48. The number of rotatable bonds is 28. The van der Waals surface area contributed by atoms with Gasteiger partial charge in [0.2, 0.25) is 0 Å². The van der Waals surface area contributed by atoms with Gasteiger partial charge in [0, 0.05) is 0 Å². The zero-order chi connectivity index (χ0) is 53.9. The van der Waals surface area contributed by atoms with Gasteiger partial charge < -0.3 is 112 Å². The van der Waals surface area contributed by atoms with Crippen LogP contribution < -0.4 is 0 Å². The molecule has 0 aromatic rings. The summed E-state index contributed by atoms with van der Waals surface area (Å²) < 4.78 is 178. The van der Waals surface area contributed by atoms with Gasteiger partial charge in [-0.15, -0.1) is 0 Å². The summed E-state index contributed by atoms with van der Waals surface area (Å²) in [6.07, 6.45) is -37.2. The van der Waals surface area contributed by atoms with E-state index in [-0.39, 0.29) is 0 Å². The highest BCUT2D eigenvalue weighted by molar-refractivity contribution is 7.48. The van der Waals surface area contributed by atoms with Crippen LogP contribution in [-0.4, -0.2) is 198 Å². The Bertz CT molecular complexity index is 1920. The topological polar surface area (TPSA) is 695 Å². The summed E-state index contributed by atoms with van der Waals surface area (Å²) in [5.74, 6) is 0. The van der Waals surface area contributed by atoms with Gasteiger partial charge >= 0.3 is 78.2 Å². The van der Waals surface area contributed by atoms with Crippen LogP contribution in [0, 0.1) is 0 Å². The van der Waals surface area contributed by atoms with Crippen molar-refractivity contribution in [1.82, 2.24) is 0 Å². The van der Waals surface area contributed by atoms with Gasteiger partial charge in [0.05, 0.1) is 26.4 Å². The Labute approximate surface area is 380 Å². The van der Waals surface area contributed by atoms with E-state index in [1.54, 1.807) is 0 Å². The average molecular weight is 1230 g/mol. The first kappa shape index (κ1) is 66.1. The Morgan fingerprint density at radius 2 is 0.319 bits per heavy atom. The molecular weight excluding hydrogens is 1190 g/mol. The van der Waals surface area contributed by atoms with E-state index in [1.165, 1.54) is 0 Å². The van der Waals surface area contributed by atoms with E-state index >= 15 is 0 Å². The molecule has 0 saturated heterocycles. The fourth-order valence-corrected chi connectivity index (χ4v) is 11.6. The van der Waals surface area contributed by atoms with Crippen LogP contribution in [-0.2, 0) is 105 Å². The SMILES string of the molecule is O=P(O)(O)OC1C(OP(=O)(O)O)[C@H](OP(=O)(O)O)[C@@H](OP(=O)(O)O)C(OCCOCCOC2[C@@H](OP(=O)(O)O)[C@H](OP(=O)(O)O)C(OP(=O)(O)O)[C@H](OP(=O)(O)O)[C@H]2OP(=O)(O)O)[C@H]1OP(=O)(O)O. The van der Waals surface area contributed by atoms with E-state index in [4.69, 9.17) is 14.2 Å². The van der Waals surface area contributed by atoms with Crippen LogP contribution in [0.25, 0.3) is 0 Å². The maximum atomic E-state index is 12.0. The lowest BCUT2D eigenvalue weighted by Crippen LogP contribution is -2.66. The van der Waals surface area contributed by atoms with Crippen LogP contribution >= 0.6 is 78.2 Å². The van der Waals surface area contributed by atoms with Crippen LogP contribution in [0.15, 0.2) is 0 Å². The molecule has 12 atom stereocenters. The van der Waals surface area contributed by atoms with Gasteiger partial charge in [-0.25, -0.2) is 45.7 Å². The Hall–Kier alpha value is 0.980. The van der Waals surface area contributed by atoms with Gasteiger partial charge in [-0.2, -0.15) is 0 Å². The number of hydrogen-bond donors (Lipinski definition) is 20. The van der Waals surface area contributed by atoms with Gasteiger partial charge in [0.25, 0.3) is 0 Å². The van der Waals surface area contributed by atoms with E-state index in [9.17, 15) is 144 Å². The van der Waals surface area contributed by atoms with Crippen molar-refractivity contribution in [2.45, 2.75) is 73.2 Å². The third kappa shape index (κ3) is 26.1. The summed E-state index contributed by atoms with van der Waals surface area (Å²) in [6.45, 7) is -4.72. The maximum Gasteiger partial charge on any atom is 0.470 e. The van der Waals surface area contributed by atoms with Crippen LogP contribution in [0.4, 0.5) is 0 Å². The van der Waals surface area contributed by atoms with Crippen LogP contribution in [0.1, 0.15) is 0 Å². The predicted molar refractivity (Wildman–Crippen MR) is 199 cm³/mol. The molecule has 2 rings (SSSR count). The molecule has 0 heterocycles. The molecule has 0 aromatic heterocycles. The van der Waals surface area contributed by atoms with Crippen molar-refractivity contribution in [1.29, 1.82) is 0 Å². The zero-order valence-corrected chi connectivity index (χ0v) is 41.5. The van der Waals surface area contributed by atoms with Crippen molar-refractivity contribution in [3.63, 3.8) is 0 Å². The fourth-order valence-electron chi connectivity index (χ4n) is 6.00. The molecule has 0 amide bonds. The molecule has 20 N–H and O–H groups in total. The Kier molecular flexibility index (Phi) is 23.5.